The van der Waals surface area contributed by atoms with Crippen LogP contribution in [0.2, 0.25) is 0 Å². The normalized spacial score (nSPS) is 13.1. The van der Waals surface area contributed by atoms with Crippen molar-refractivity contribution in [1.82, 2.24) is 15.5 Å². The van der Waals surface area contributed by atoms with Crippen molar-refractivity contribution in [3.05, 3.63) is 29.8 Å². The van der Waals surface area contributed by atoms with E-state index in [1.54, 1.807) is 0 Å². The average Bonchev–Trinajstić information content (AvgIpc) is 3.01. The molecule has 1 atom stereocenters. The van der Waals surface area contributed by atoms with Gasteiger partial charge in [0.25, 0.3) is 5.22 Å². The molecule has 0 aliphatic rings. The van der Waals surface area contributed by atoms with Crippen LogP contribution in [0, 0.1) is 5.92 Å². The minimum atomic E-state index is -0.0273. The Kier molecular flexibility index (Phi) is 6.27. The van der Waals surface area contributed by atoms with Crippen molar-refractivity contribution in [3.8, 4) is 11.5 Å². The van der Waals surface area contributed by atoms with E-state index in [-0.39, 0.29) is 23.1 Å². The first-order valence-corrected chi connectivity index (χ1v) is 9.52. The molecule has 6 heteroatoms. The molecule has 136 valence electrons. The Balaban J connectivity index is 1.95. The number of rotatable bonds is 6. The Bertz CT molecular complexity index is 702. The second-order valence-corrected chi connectivity index (χ2v) is 8.52. The fourth-order valence-corrected chi connectivity index (χ4v) is 2.66. The van der Waals surface area contributed by atoms with Gasteiger partial charge in [-0.1, -0.05) is 58.5 Å². The predicted octanol–water partition coefficient (Wildman–Crippen LogP) is 4.29. The number of nitrogens with zero attached hydrogens (tertiary/aromatic N) is 2. The third-order valence-corrected chi connectivity index (χ3v) is 4.94. The maximum atomic E-state index is 11.9. The molecule has 1 aromatic carbocycles. The van der Waals surface area contributed by atoms with Crippen LogP contribution in [0.4, 0.5) is 0 Å². The highest BCUT2D eigenvalue weighted by molar-refractivity contribution is 7.99. The third kappa shape index (κ3) is 5.59. The Morgan fingerprint density at radius 2 is 1.80 bits per heavy atom. The molecular weight excluding hydrogens is 334 g/mol. The van der Waals surface area contributed by atoms with E-state index in [1.165, 1.54) is 17.3 Å². The summed E-state index contributed by atoms with van der Waals surface area (Å²) in [5, 5.41) is 11.5. The van der Waals surface area contributed by atoms with Gasteiger partial charge in [-0.25, -0.2) is 0 Å². The summed E-state index contributed by atoms with van der Waals surface area (Å²) < 4.78 is 5.66. The molecule has 1 heterocycles. The maximum Gasteiger partial charge on any atom is 0.277 e. The van der Waals surface area contributed by atoms with Crippen molar-refractivity contribution >= 4 is 17.7 Å². The van der Waals surface area contributed by atoms with Crippen LogP contribution in [0.1, 0.15) is 47.1 Å². The van der Waals surface area contributed by atoms with E-state index in [1.807, 2.05) is 19.1 Å². The number of amides is 1. The van der Waals surface area contributed by atoms with Gasteiger partial charge < -0.3 is 9.73 Å². The van der Waals surface area contributed by atoms with E-state index >= 15 is 0 Å². The fraction of sp³-hybridized carbons (Fsp3) is 0.526. The molecule has 2 rings (SSSR count). The molecular formula is C19H27N3O2S. The van der Waals surface area contributed by atoms with Gasteiger partial charge in [-0.2, -0.15) is 0 Å². The summed E-state index contributed by atoms with van der Waals surface area (Å²) in [7, 11) is 0. The summed E-state index contributed by atoms with van der Waals surface area (Å²) >= 11 is 1.25. The number of aromatic nitrogens is 2. The van der Waals surface area contributed by atoms with E-state index in [2.05, 4.69) is 62.3 Å². The van der Waals surface area contributed by atoms with E-state index in [0.717, 1.165) is 5.56 Å². The number of hydrogen-bond donors (Lipinski definition) is 1. The van der Waals surface area contributed by atoms with Crippen molar-refractivity contribution in [2.24, 2.45) is 5.92 Å². The van der Waals surface area contributed by atoms with Gasteiger partial charge >= 0.3 is 0 Å². The van der Waals surface area contributed by atoms with Crippen molar-refractivity contribution in [3.63, 3.8) is 0 Å². The molecule has 0 aliphatic heterocycles. The summed E-state index contributed by atoms with van der Waals surface area (Å²) in [5.41, 5.74) is 2.24. The summed E-state index contributed by atoms with van der Waals surface area (Å²) in [6, 6.07) is 8.27. The quantitative estimate of drug-likeness (QED) is 0.778. The standard InChI is InChI=1S/C19H27N3O2S/c1-12(2)13(3)20-16(23)11-25-18-22-21-17(24-18)14-7-9-15(10-8-14)19(4,5)6/h7-10,12-13H,11H2,1-6H3,(H,20,23)/t13-/m1/s1. The Morgan fingerprint density at radius 3 is 2.36 bits per heavy atom. The number of hydrogen-bond acceptors (Lipinski definition) is 5. The summed E-state index contributed by atoms with van der Waals surface area (Å²) in [6.45, 7) is 12.7. The van der Waals surface area contributed by atoms with Crippen LogP contribution in [0.15, 0.2) is 33.9 Å². The number of benzene rings is 1. The van der Waals surface area contributed by atoms with Crippen LogP contribution in [-0.2, 0) is 10.2 Å². The lowest BCUT2D eigenvalue weighted by molar-refractivity contribution is -0.119. The number of carbonyl (C=O) groups excluding carboxylic acids is 1. The monoisotopic (exact) mass is 361 g/mol. The molecule has 25 heavy (non-hydrogen) atoms. The minimum Gasteiger partial charge on any atom is -0.411 e. The highest BCUT2D eigenvalue weighted by atomic mass is 32.2. The number of thioether (sulfide) groups is 1. The van der Waals surface area contributed by atoms with Gasteiger partial charge in [0, 0.05) is 11.6 Å². The minimum absolute atomic E-state index is 0.0273. The lowest BCUT2D eigenvalue weighted by Gasteiger charge is -2.18. The highest BCUT2D eigenvalue weighted by Crippen LogP contribution is 2.27. The predicted molar refractivity (Wildman–Crippen MR) is 102 cm³/mol. The van der Waals surface area contributed by atoms with Crippen LogP contribution in [0.25, 0.3) is 11.5 Å². The molecule has 0 bridgehead atoms. The topological polar surface area (TPSA) is 68.0 Å². The van der Waals surface area contributed by atoms with Gasteiger partial charge in [0.15, 0.2) is 0 Å². The fourth-order valence-electron chi connectivity index (χ4n) is 2.09. The summed E-state index contributed by atoms with van der Waals surface area (Å²) in [4.78, 5) is 11.9. The molecule has 1 amide bonds. The van der Waals surface area contributed by atoms with Gasteiger partial charge in [0.05, 0.1) is 5.75 Å². The first-order chi connectivity index (χ1) is 11.7. The molecule has 0 fully saturated rings. The van der Waals surface area contributed by atoms with E-state index < -0.39 is 0 Å². The van der Waals surface area contributed by atoms with E-state index in [4.69, 9.17) is 4.42 Å². The van der Waals surface area contributed by atoms with Gasteiger partial charge in [0.1, 0.15) is 0 Å². The zero-order valence-electron chi connectivity index (χ0n) is 15.8. The van der Waals surface area contributed by atoms with Crippen molar-refractivity contribution < 1.29 is 9.21 Å². The lowest BCUT2D eigenvalue weighted by atomic mass is 9.87. The molecule has 0 saturated carbocycles. The molecule has 5 nitrogen and oxygen atoms in total. The number of nitrogens with one attached hydrogen (secondary N) is 1. The van der Waals surface area contributed by atoms with Crippen LogP contribution in [0.5, 0.6) is 0 Å². The van der Waals surface area contributed by atoms with Crippen LogP contribution < -0.4 is 5.32 Å². The van der Waals surface area contributed by atoms with Gasteiger partial charge in [-0.15, -0.1) is 10.2 Å². The van der Waals surface area contributed by atoms with Crippen molar-refractivity contribution in [2.75, 3.05) is 5.75 Å². The third-order valence-electron chi connectivity index (χ3n) is 4.12. The van der Waals surface area contributed by atoms with Crippen molar-refractivity contribution in [2.45, 2.75) is 58.2 Å². The molecule has 0 spiro atoms. The van der Waals surface area contributed by atoms with Crippen LogP contribution in [-0.4, -0.2) is 27.9 Å². The molecule has 2 aromatic rings. The Hall–Kier alpha value is -1.82. The zero-order valence-corrected chi connectivity index (χ0v) is 16.6. The Labute approximate surface area is 154 Å². The molecule has 1 N–H and O–H groups in total. The van der Waals surface area contributed by atoms with Crippen molar-refractivity contribution in [1.29, 1.82) is 0 Å². The van der Waals surface area contributed by atoms with Crippen LogP contribution in [0.3, 0.4) is 0 Å². The van der Waals surface area contributed by atoms with Gasteiger partial charge in [-0.3, -0.25) is 4.79 Å². The molecule has 0 aliphatic carbocycles. The first-order valence-electron chi connectivity index (χ1n) is 8.53. The van der Waals surface area contributed by atoms with E-state index in [0.29, 0.717) is 17.0 Å². The average molecular weight is 362 g/mol. The van der Waals surface area contributed by atoms with Gasteiger partial charge in [0.2, 0.25) is 11.8 Å². The lowest BCUT2D eigenvalue weighted by Crippen LogP contribution is -2.37. The van der Waals surface area contributed by atoms with E-state index in [9.17, 15) is 4.79 Å². The molecule has 0 radical (unpaired) electrons. The maximum absolute atomic E-state index is 11.9. The second-order valence-electron chi connectivity index (χ2n) is 7.59. The largest absolute Gasteiger partial charge is 0.411 e. The highest BCUT2D eigenvalue weighted by Gasteiger charge is 2.16. The molecule has 0 unspecified atom stereocenters. The number of carbonyl (C=O) groups is 1. The second kappa shape index (κ2) is 8.04. The zero-order chi connectivity index (χ0) is 18.6. The smallest absolute Gasteiger partial charge is 0.277 e. The SMILES string of the molecule is CC(C)[C@@H](C)NC(=O)CSc1nnc(-c2ccc(C(C)(C)C)cc2)o1. The molecule has 1 aromatic heterocycles. The summed E-state index contributed by atoms with van der Waals surface area (Å²) in [6.07, 6.45) is 0. The molecule has 0 saturated heterocycles. The summed E-state index contributed by atoms with van der Waals surface area (Å²) in [5.74, 6) is 1.11. The van der Waals surface area contributed by atoms with Crippen LogP contribution >= 0.6 is 11.8 Å². The van der Waals surface area contributed by atoms with Gasteiger partial charge in [-0.05, 0) is 36.0 Å². The first kappa shape index (κ1) is 19.5. The Morgan fingerprint density at radius 1 is 1.16 bits per heavy atom.